The molecule has 0 aliphatic heterocycles. The first kappa shape index (κ1) is 11.9. The number of aromatic nitrogens is 1. The van der Waals surface area contributed by atoms with E-state index < -0.39 is 0 Å². The van der Waals surface area contributed by atoms with Crippen molar-refractivity contribution < 1.29 is 5.11 Å². The van der Waals surface area contributed by atoms with E-state index >= 15 is 0 Å². The number of fused-ring (bicyclic) bond motifs is 3. The number of aromatic hydroxyl groups is 1. The van der Waals surface area contributed by atoms with E-state index in [2.05, 4.69) is 18.2 Å². The van der Waals surface area contributed by atoms with Crippen LogP contribution in [0.5, 0.6) is 5.75 Å². The minimum Gasteiger partial charge on any atom is -0.507 e. The highest BCUT2D eigenvalue weighted by Crippen LogP contribution is 2.35. The summed E-state index contributed by atoms with van der Waals surface area (Å²) in [5.74, 6) is 0.255. The molecular formula is C19H13NO. The van der Waals surface area contributed by atoms with E-state index in [0.29, 0.717) is 0 Å². The van der Waals surface area contributed by atoms with Crippen LogP contribution >= 0.6 is 0 Å². The molecule has 1 heterocycles. The van der Waals surface area contributed by atoms with E-state index in [4.69, 9.17) is 4.98 Å². The third kappa shape index (κ3) is 1.84. The molecule has 0 saturated heterocycles. The zero-order valence-electron chi connectivity index (χ0n) is 11.3. The Kier molecular flexibility index (Phi) is 2.61. The molecule has 0 fully saturated rings. The highest BCUT2D eigenvalue weighted by Gasteiger charge is 2.12. The largest absolute Gasteiger partial charge is 0.507 e. The quantitative estimate of drug-likeness (QED) is 0.506. The number of nitrogens with zero attached hydrogens (tertiary/aromatic N) is 1. The maximum atomic E-state index is 10.2. The lowest BCUT2D eigenvalue weighted by atomic mass is 9.99. The topological polar surface area (TPSA) is 33.1 Å². The van der Waals surface area contributed by atoms with Gasteiger partial charge in [0.15, 0.2) is 0 Å². The molecule has 0 radical (unpaired) electrons. The van der Waals surface area contributed by atoms with Crippen LogP contribution in [0.15, 0.2) is 72.8 Å². The van der Waals surface area contributed by atoms with Gasteiger partial charge in [0.05, 0.1) is 11.2 Å². The smallest absolute Gasteiger partial charge is 0.124 e. The van der Waals surface area contributed by atoms with Crippen molar-refractivity contribution in [1.29, 1.82) is 0 Å². The molecular weight excluding hydrogens is 258 g/mol. The molecule has 0 saturated carbocycles. The SMILES string of the molecule is Oc1ccccc1-c1nc2ccccc2c2ccccc12. The normalized spacial score (nSPS) is 11.0. The van der Waals surface area contributed by atoms with Crippen molar-refractivity contribution in [2.24, 2.45) is 0 Å². The van der Waals surface area contributed by atoms with E-state index in [9.17, 15) is 5.11 Å². The maximum absolute atomic E-state index is 10.2. The predicted molar refractivity (Wildman–Crippen MR) is 86.3 cm³/mol. The fourth-order valence-electron chi connectivity index (χ4n) is 2.78. The van der Waals surface area contributed by atoms with Crippen LogP contribution < -0.4 is 0 Å². The zero-order chi connectivity index (χ0) is 14.2. The van der Waals surface area contributed by atoms with E-state index in [1.165, 1.54) is 0 Å². The molecule has 0 spiro atoms. The van der Waals surface area contributed by atoms with Gasteiger partial charge in [-0.05, 0) is 23.6 Å². The van der Waals surface area contributed by atoms with Crippen LogP contribution in [0.4, 0.5) is 0 Å². The Morgan fingerprint density at radius 2 is 1.24 bits per heavy atom. The van der Waals surface area contributed by atoms with Crippen LogP contribution in [0.25, 0.3) is 32.9 Å². The zero-order valence-corrected chi connectivity index (χ0v) is 11.3. The van der Waals surface area contributed by atoms with Gasteiger partial charge in [-0.2, -0.15) is 0 Å². The lowest BCUT2D eigenvalue weighted by Gasteiger charge is -2.10. The summed E-state index contributed by atoms with van der Waals surface area (Å²) < 4.78 is 0. The third-order valence-corrected chi connectivity index (χ3v) is 3.77. The van der Waals surface area contributed by atoms with Gasteiger partial charge >= 0.3 is 0 Å². The Labute approximate surface area is 122 Å². The Morgan fingerprint density at radius 1 is 0.619 bits per heavy atom. The van der Waals surface area contributed by atoms with Crippen molar-refractivity contribution in [1.82, 2.24) is 4.98 Å². The molecule has 0 atom stereocenters. The molecule has 4 rings (SSSR count). The average Bonchev–Trinajstić information content (AvgIpc) is 2.55. The van der Waals surface area contributed by atoms with Crippen LogP contribution in [0.3, 0.4) is 0 Å². The van der Waals surface area contributed by atoms with Crippen LogP contribution in [-0.4, -0.2) is 10.1 Å². The van der Waals surface area contributed by atoms with Crippen molar-refractivity contribution in [3.63, 3.8) is 0 Å². The second kappa shape index (κ2) is 4.60. The number of phenols is 1. The number of benzene rings is 3. The third-order valence-electron chi connectivity index (χ3n) is 3.77. The number of phenolic OH excluding ortho intramolecular Hbond substituents is 1. The number of hydrogen-bond donors (Lipinski definition) is 1. The highest BCUT2D eigenvalue weighted by molar-refractivity contribution is 6.11. The average molecular weight is 271 g/mol. The summed E-state index contributed by atoms with van der Waals surface area (Å²) in [7, 11) is 0. The summed E-state index contributed by atoms with van der Waals surface area (Å²) in [6.45, 7) is 0. The summed E-state index contributed by atoms with van der Waals surface area (Å²) in [4.78, 5) is 4.77. The van der Waals surface area contributed by atoms with Crippen LogP contribution in [0.1, 0.15) is 0 Å². The van der Waals surface area contributed by atoms with Crippen molar-refractivity contribution in [2.45, 2.75) is 0 Å². The van der Waals surface area contributed by atoms with Crippen molar-refractivity contribution in [3.05, 3.63) is 72.8 Å². The standard InChI is InChI=1S/C19H13NO/c21-18-12-6-4-10-16(18)19-15-9-2-1-7-13(15)14-8-3-5-11-17(14)20-19/h1-12,21H. The van der Waals surface area contributed by atoms with E-state index in [0.717, 1.165) is 32.9 Å². The summed E-state index contributed by atoms with van der Waals surface area (Å²) in [6, 6.07) is 23.6. The molecule has 1 N–H and O–H groups in total. The van der Waals surface area contributed by atoms with Gasteiger partial charge in [-0.1, -0.05) is 54.6 Å². The van der Waals surface area contributed by atoms with Gasteiger partial charge in [0.2, 0.25) is 0 Å². The summed E-state index contributed by atoms with van der Waals surface area (Å²) in [6.07, 6.45) is 0. The van der Waals surface area contributed by atoms with E-state index in [-0.39, 0.29) is 5.75 Å². The van der Waals surface area contributed by atoms with E-state index in [1.54, 1.807) is 6.07 Å². The monoisotopic (exact) mass is 271 g/mol. The minimum absolute atomic E-state index is 0.255. The fraction of sp³-hybridized carbons (Fsp3) is 0. The van der Waals surface area contributed by atoms with Crippen molar-refractivity contribution >= 4 is 21.7 Å². The van der Waals surface area contributed by atoms with Gasteiger partial charge < -0.3 is 5.11 Å². The molecule has 3 aromatic carbocycles. The molecule has 1 aromatic heterocycles. The molecule has 0 bridgehead atoms. The van der Waals surface area contributed by atoms with Crippen molar-refractivity contribution in [3.8, 4) is 17.0 Å². The molecule has 0 amide bonds. The number of para-hydroxylation sites is 2. The van der Waals surface area contributed by atoms with Gasteiger partial charge in [0, 0.05) is 16.3 Å². The number of rotatable bonds is 1. The first-order chi connectivity index (χ1) is 10.3. The first-order valence-corrected chi connectivity index (χ1v) is 6.90. The van der Waals surface area contributed by atoms with Crippen molar-refractivity contribution in [2.75, 3.05) is 0 Å². The second-order valence-electron chi connectivity index (χ2n) is 5.04. The molecule has 0 unspecified atom stereocenters. The molecule has 2 heteroatoms. The maximum Gasteiger partial charge on any atom is 0.124 e. The molecule has 4 aromatic rings. The summed E-state index contributed by atoms with van der Waals surface area (Å²) in [5.41, 5.74) is 2.52. The fourth-order valence-corrected chi connectivity index (χ4v) is 2.78. The van der Waals surface area contributed by atoms with Crippen LogP contribution in [0, 0.1) is 0 Å². The van der Waals surface area contributed by atoms with E-state index in [1.807, 2.05) is 48.5 Å². The predicted octanol–water partition coefficient (Wildman–Crippen LogP) is 4.76. The van der Waals surface area contributed by atoms with Gasteiger partial charge in [0.25, 0.3) is 0 Å². The molecule has 100 valence electrons. The summed E-state index contributed by atoms with van der Waals surface area (Å²) >= 11 is 0. The Hall–Kier alpha value is -2.87. The van der Waals surface area contributed by atoms with Gasteiger partial charge in [0.1, 0.15) is 5.75 Å². The second-order valence-corrected chi connectivity index (χ2v) is 5.04. The molecule has 21 heavy (non-hydrogen) atoms. The Morgan fingerprint density at radius 3 is 2.05 bits per heavy atom. The van der Waals surface area contributed by atoms with Crippen LogP contribution in [-0.2, 0) is 0 Å². The lowest BCUT2D eigenvalue weighted by Crippen LogP contribution is -1.89. The number of hydrogen-bond acceptors (Lipinski definition) is 2. The molecule has 2 nitrogen and oxygen atoms in total. The first-order valence-electron chi connectivity index (χ1n) is 6.90. The van der Waals surface area contributed by atoms with Crippen LogP contribution in [0.2, 0.25) is 0 Å². The summed E-state index contributed by atoms with van der Waals surface area (Å²) in [5, 5.41) is 13.5. The molecule has 0 aliphatic rings. The van der Waals surface area contributed by atoms with Gasteiger partial charge in [-0.3, -0.25) is 0 Å². The highest BCUT2D eigenvalue weighted by atomic mass is 16.3. The Bertz CT molecular complexity index is 960. The lowest BCUT2D eigenvalue weighted by molar-refractivity contribution is 0.477. The Balaban J connectivity index is 2.20. The number of pyridine rings is 1. The molecule has 0 aliphatic carbocycles. The minimum atomic E-state index is 0.255. The van der Waals surface area contributed by atoms with Gasteiger partial charge in [-0.25, -0.2) is 4.98 Å². The van der Waals surface area contributed by atoms with Gasteiger partial charge in [-0.15, -0.1) is 0 Å².